The summed E-state index contributed by atoms with van der Waals surface area (Å²) in [5.41, 5.74) is 0. The van der Waals surface area contributed by atoms with Crippen LogP contribution in [-0.2, 0) is 9.53 Å². The molecule has 78 valence electrons. The summed E-state index contributed by atoms with van der Waals surface area (Å²) in [5, 5.41) is 2.84. The monoisotopic (exact) mass is 214 g/mol. The van der Waals surface area contributed by atoms with E-state index in [0.29, 0.717) is 19.6 Å². The van der Waals surface area contributed by atoms with Gasteiger partial charge < -0.3 is 9.64 Å². The Hall–Kier alpha value is -1.10. The Labute approximate surface area is 87.5 Å². The van der Waals surface area contributed by atoms with Crippen LogP contribution < -0.4 is 4.90 Å². The fraction of sp³-hybridized carbons (Fsp3) is 0.556. The molecule has 0 saturated carbocycles. The van der Waals surface area contributed by atoms with Crippen LogP contribution in [0.1, 0.15) is 13.3 Å². The second kappa shape index (κ2) is 5.59. The van der Waals surface area contributed by atoms with E-state index in [1.165, 1.54) is 0 Å². The largest absolute Gasteiger partial charge is 0.466 e. The van der Waals surface area contributed by atoms with Gasteiger partial charge in [0, 0.05) is 25.2 Å². The number of hydrogen-bond donors (Lipinski definition) is 0. The molecule has 0 aromatic carbocycles. The third kappa shape index (κ3) is 3.33. The second-order valence-electron chi connectivity index (χ2n) is 2.79. The number of aromatic nitrogens is 1. The number of carbonyl (C=O) groups is 1. The SMILES string of the molecule is CCOC(=O)CCN(C)c1nccs1. The van der Waals surface area contributed by atoms with Crippen molar-refractivity contribution in [3.63, 3.8) is 0 Å². The highest BCUT2D eigenvalue weighted by molar-refractivity contribution is 7.13. The van der Waals surface area contributed by atoms with Crippen molar-refractivity contribution in [1.29, 1.82) is 0 Å². The van der Waals surface area contributed by atoms with E-state index in [1.807, 2.05) is 24.3 Å². The lowest BCUT2D eigenvalue weighted by Crippen LogP contribution is -2.21. The van der Waals surface area contributed by atoms with E-state index in [0.717, 1.165) is 5.13 Å². The fourth-order valence-corrected chi connectivity index (χ4v) is 1.63. The molecule has 1 heterocycles. The van der Waals surface area contributed by atoms with Crippen LogP contribution in [0.25, 0.3) is 0 Å². The van der Waals surface area contributed by atoms with Crippen LogP contribution in [0.2, 0.25) is 0 Å². The lowest BCUT2D eigenvalue weighted by Gasteiger charge is -2.14. The van der Waals surface area contributed by atoms with Crippen LogP contribution >= 0.6 is 11.3 Å². The standard InChI is InChI=1S/C9H14N2O2S/c1-3-13-8(12)4-6-11(2)9-10-5-7-14-9/h5,7H,3-4,6H2,1-2H3. The number of hydrogen-bond acceptors (Lipinski definition) is 5. The Morgan fingerprint density at radius 2 is 2.50 bits per heavy atom. The highest BCUT2D eigenvalue weighted by Gasteiger charge is 2.06. The maximum absolute atomic E-state index is 11.1. The highest BCUT2D eigenvalue weighted by Crippen LogP contribution is 2.15. The molecule has 0 aliphatic heterocycles. The van der Waals surface area contributed by atoms with Gasteiger partial charge in [-0.2, -0.15) is 0 Å². The normalized spacial score (nSPS) is 9.86. The lowest BCUT2D eigenvalue weighted by atomic mass is 10.4. The Balaban J connectivity index is 2.28. The first-order chi connectivity index (χ1) is 6.74. The zero-order valence-electron chi connectivity index (χ0n) is 8.40. The van der Waals surface area contributed by atoms with E-state index in [-0.39, 0.29) is 5.97 Å². The Morgan fingerprint density at radius 1 is 1.71 bits per heavy atom. The second-order valence-corrected chi connectivity index (χ2v) is 3.66. The number of thiazole rings is 1. The molecular weight excluding hydrogens is 200 g/mol. The third-order valence-electron chi connectivity index (χ3n) is 1.70. The molecule has 0 aliphatic carbocycles. The number of rotatable bonds is 5. The summed E-state index contributed by atoms with van der Waals surface area (Å²) in [4.78, 5) is 17.1. The summed E-state index contributed by atoms with van der Waals surface area (Å²) in [5.74, 6) is -0.157. The average molecular weight is 214 g/mol. The summed E-state index contributed by atoms with van der Waals surface area (Å²) < 4.78 is 4.83. The molecule has 0 fully saturated rings. The van der Waals surface area contributed by atoms with Gasteiger partial charge in [-0.15, -0.1) is 11.3 Å². The van der Waals surface area contributed by atoms with Gasteiger partial charge in [-0.3, -0.25) is 4.79 Å². The maximum Gasteiger partial charge on any atom is 0.307 e. The van der Waals surface area contributed by atoms with Gasteiger partial charge >= 0.3 is 5.97 Å². The lowest BCUT2D eigenvalue weighted by molar-refractivity contribution is -0.142. The van der Waals surface area contributed by atoms with E-state index < -0.39 is 0 Å². The van der Waals surface area contributed by atoms with Gasteiger partial charge in [-0.05, 0) is 6.92 Å². The summed E-state index contributed by atoms with van der Waals surface area (Å²) in [6, 6.07) is 0. The molecule has 0 radical (unpaired) electrons. The summed E-state index contributed by atoms with van der Waals surface area (Å²) in [6.45, 7) is 2.90. The van der Waals surface area contributed by atoms with E-state index in [2.05, 4.69) is 4.98 Å². The van der Waals surface area contributed by atoms with Gasteiger partial charge in [-0.1, -0.05) is 0 Å². The summed E-state index contributed by atoms with van der Waals surface area (Å²) >= 11 is 1.56. The predicted octanol–water partition coefficient (Wildman–Crippen LogP) is 1.53. The number of ether oxygens (including phenoxy) is 1. The van der Waals surface area contributed by atoms with Crippen molar-refractivity contribution >= 4 is 22.4 Å². The molecule has 14 heavy (non-hydrogen) atoms. The molecule has 0 N–H and O–H groups in total. The number of carbonyl (C=O) groups excluding carboxylic acids is 1. The first-order valence-corrected chi connectivity index (χ1v) is 5.38. The van der Waals surface area contributed by atoms with E-state index in [1.54, 1.807) is 17.5 Å². The highest BCUT2D eigenvalue weighted by atomic mass is 32.1. The number of anilines is 1. The van der Waals surface area contributed by atoms with Crippen molar-refractivity contribution in [2.45, 2.75) is 13.3 Å². The average Bonchev–Trinajstić information content (AvgIpc) is 2.67. The van der Waals surface area contributed by atoms with E-state index >= 15 is 0 Å². The van der Waals surface area contributed by atoms with Crippen molar-refractivity contribution in [3.05, 3.63) is 11.6 Å². The fourth-order valence-electron chi connectivity index (χ4n) is 0.992. The first-order valence-electron chi connectivity index (χ1n) is 4.50. The summed E-state index contributed by atoms with van der Waals surface area (Å²) in [7, 11) is 1.91. The predicted molar refractivity (Wildman–Crippen MR) is 56.6 cm³/mol. The quantitative estimate of drug-likeness (QED) is 0.697. The number of nitrogens with zero attached hydrogens (tertiary/aromatic N) is 2. The van der Waals surface area contributed by atoms with Gasteiger partial charge in [0.25, 0.3) is 0 Å². The van der Waals surface area contributed by atoms with Gasteiger partial charge in [0.05, 0.1) is 13.0 Å². The van der Waals surface area contributed by atoms with Gasteiger partial charge in [0.15, 0.2) is 5.13 Å². The minimum Gasteiger partial charge on any atom is -0.466 e. The van der Waals surface area contributed by atoms with Crippen LogP contribution in [0.4, 0.5) is 5.13 Å². The minimum atomic E-state index is -0.157. The molecule has 1 aromatic rings. The van der Waals surface area contributed by atoms with E-state index in [4.69, 9.17) is 4.74 Å². The molecule has 0 atom stereocenters. The molecule has 0 aliphatic rings. The molecule has 0 saturated heterocycles. The van der Waals surface area contributed by atoms with Crippen molar-refractivity contribution in [1.82, 2.24) is 4.98 Å². The van der Waals surface area contributed by atoms with Crippen LogP contribution in [0, 0.1) is 0 Å². The van der Waals surface area contributed by atoms with Crippen LogP contribution in [0.15, 0.2) is 11.6 Å². The minimum absolute atomic E-state index is 0.157. The van der Waals surface area contributed by atoms with Crippen molar-refractivity contribution < 1.29 is 9.53 Å². The number of esters is 1. The molecule has 0 amide bonds. The topological polar surface area (TPSA) is 42.4 Å². The van der Waals surface area contributed by atoms with Crippen molar-refractivity contribution in [2.24, 2.45) is 0 Å². The molecule has 0 bridgehead atoms. The molecule has 1 rings (SSSR count). The Bertz CT molecular complexity index is 274. The van der Waals surface area contributed by atoms with Gasteiger partial charge in [0.2, 0.25) is 0 Å². The maximum atomic E-state index is 11.1. The van der Waals surface area contributed by atoms with E-state index in [9.17, 15) is 4.79 Å². The molecule has 5 heteroatoms. The Kier molecular flexibility index (Phi) is 4.39. The molecule has 1 aromatic heterocycles. The van der Waals surface area contributed by atoms with Gasteiger partial charge in [-0.25, -0.2) is 4.98 Å². The smallest absolute Gasteiger partial charge is 0.307 e. The molecule has 4 nitrogen and oxygen atoms in total. The third-order valence-corrected chi connectivity index (χ3v) is 2.59. The first kappa shape index (κ1) is 11.0. The van der Waals surface area contributed by atoms with Crippen LogP contribution in [0.5, 0.6) is 0 Å². The van der Waals surface area contributed by atoms with Crippen molar-refractivity contribution in [2.75, 3.05) is 25.1 Å². The van der Waals surface area contributed by atoms with Crippen LogP contribution in [-0.4, -0.2) is 31.2 Å². The zero-order chi connectivity index (χ0) is 10.4. The van der Waals surface area contributed by atoms with Crippen molar-refractivity contribution in [3.8, 4) is 0 Å². The summed E-state index contributed by atoms with van der Waals surface area (Å²) in [6.07, 6.45) is 2.16. The zero-order valence-corrected chi connectivity index (χ0v) is 9.21. The van der Waals surface area contributed by atoms with Gasteiger partial charge in [0.1, 0.15) is 0 Å². The molecular formula is C9H14N2O2S. The van der Waals surface area contributed by atoms with Crippen LogP contribution in [0.3, 0.4) is 0 Å². The molecule has 0 unspecified atom stereocenters. The molecule has 0 spiro atoms. The Morgan fingerprint density at radius 3 is 3.07 bits per heavy atom.